The van der Waals surface area contributed by atoms with Crippen molar-refractivity contribution in [3.63, 3.8) is 0 Å². The largest absolute Gasteiger partial charge is 0.465 e. The highest BCUT2D eigenvalue weighted by molar-refractivity contribution is 6.71. The van der Waals surface area contributed by atoms with Gasteiger partial charge in [-0.25, -0.2) is 0 Å². The molecule has 0 amide bonds. The van der Waals surface area contributed by atoms with Gasteiger partial charge in [-0.1, -0.05) is 49.5 Å². The molecule has 0 aliphatic carbocycles. The van der Waals surface area contributed by atoms with E-state index in [-0.39, 0.29) is 24.1 Å². The minimum atomic E-state index is -0.483. The van der Waals surface area contributed by atoms with Crippen molar-refractivity contribution in [1.82, 2.24) is 0 Å². The number of benzene rings is 1. The lowest BCUT2D eigenvalue weighted by Gasteiger charge is -2.32. The molecule has 1 aromatic carbocycles. The van der Waals surface area contributed by atoms with Gasteiger partial charge in [0.15, 0.2) is 0 Å². The minimum absolute atomic E-state index is 0.164. The van der Waals surface area contributed by atoms with E-state index in [1.54, 1.807) is 0 Å². The monoisotopic (exact) mass is 289 g/mol. The van der Waals surface area contributed by atoms with E-state index >= 15 is 0 Å². The molecule has 2 rings (SSSR count). The third kappa shape index (κ3) is 2.74. The second-order valence-electron chi connectivity index (χ2n) is 7.00. The average molecular weight is 289 g/mol. The predicted molar refractivity (Wildman–Crippen MR) is 88.1 cm³/mol. The zero-order chi connectivity index (χ0) is 15.1. The molecular weight excluding hydrogens is 263 g/mol. The zero-order valence-corrected chi connectivity index (χ0v) is 14.8. The second-order valence-corrected chi connectivity index (χ2v) is 9.54. The molecule has 1 heterocycles. The van der Waals surface area contributed by atoms with Crippen LogP contribution < -0.4 is 5.19 Å². The van der Waals surface area contributed by atoms with E-state index in [2.05, 4.69) is 72.0 Å². The molecule has 1 saturated heterocycles. The van der Waals surface area contributed by atoms with E-state index in [4.69, 9.17) is 9.31 Å². The summed E-state index contributed by atoms with van der Waals surface area (Å²) in [6, 6.07) is 8.73. The van der Waals surface area contributed by atoms with Crippen molar-refractivity contribution in [1.29, 1.82) is 0 Å². The van der Waals surface area contributed by atoms with Crippen molar-refractivity contribution >= 4 is 21.1 Å². The van der Waals surface area contributed by atoms with Crippen LogP contribution in [0, 0.1) is 0 Å². The lowest BCUT2D eigenvalue weighted by molar-refractivity contribution is 0.00578. The predicted octanol–water partition coefficient (Wildman–Crippen LogP) is 3.38. The van der Waals surface area contributed by atoms with Crippen molar-refractivity contribution in [2.24, 2.45) is 0 Å². The second kappa shape index (κ2) is 5.32. The molecule has 0 N–H and O–H groups in total. The molecule has 0 aromatic heterocycles. The maximum atomic E-state index is 6.20. The summed E-state index contributed by atoms with van der Waals surface area (Å²) in [7, 11) is -0.648. The van der Waals surface area contributed by atoms with Gasteiger partial charge in [0.1, 0.15) is 0 Å². The summed E-state index contributed by atoms with van der Waals surface area (Å²) in [6.45, 7) is 15.3. The fourth-order valence-electron chi connectivity index (χ4n) is 2.59. The Balaban J connectivity index is 2.28. The summed E-state index contributed by atoms with van der Waals surface area (Å²) in [5.74, 6) is 0.257. The highest BCUT2D eigenvalue weighted by Crippen LogP contribution is 2.40. The first-order chi connectivity index (χ1) is 9.16. The number of rotatable bonds is 3. The minimum Gasteiger partial charge on any atom is -0.403 e. The molecule has 1 aliphatic rings. The van der Waals surface area contributed by atoms with Crippen LogP contribution in [0.3, 0.4) is 0 Å². The molecule has 1 aliphatic heterocycles. The van der Waals surface area contributed by atoms with Crippen LogP contribution in [-0.4, -0.2) is 27.1 Å². The average Bonchev–Trinajstić information content (AvgIpc) is 2.57. The molecule has 2 nitrogen and oxygen atoms in total. The van der Waals surface area contributed by atoms with Crippen LogP contribution in [0.2, 0.25) is 13.1 Å². The van der Waals surface area contributed by atoms with Gasteiger partial charge >= 0.3 is 7.12 Å². The lowest BCUT2D eigenvalue weighted by atomic mass is 9.69. The lowest BCUT2D eigenvalue weighted by Crippen LogP contribution is -2.41. The van der Waals surface area contributed by atoms with Crippen LogP contribution in [0.15, 0.2) is 24.3 Å². The molecule has 20 heavy (non-hydrogen) atoms. The van der Waals surface area contributed by atoms with E-state index in [1.165, 1.54) is 10.8 Å². The van der Waals surface area contributed by atoms with Gasteiger partial charge in [-0.15, -0.1) is 0 Å². The van der Waals surface area contributed by atoms with Crippen molar-refractivity contribution in [2.75, 3.05) is 0 Å². The van der Waals surface area contributed by atoms with Gasteiger partial charge in [0.25, 0.3) is 0 Å². The van der Waals surface area contributed by atoms with Crippen molar-refractivity contribution < 1.29 is 9.31 Å². The summed E-state index contributed by atoms with van der Waals surface area (Å²) in [4.78, 5) is 0. The summed E-state index contributed by atoms with van der Waals surface area (Å²) in [5.41, 5.74) is 0.866. The molecule has 1 aromatic rings. The summed E-state index contributed by atoms with van der Waals surface area (Å²) >= 11 is 0. The fourth-order valence-corrected chi connectivity index (χ4v) is 3.91. The van der Waals surface area contributed by atoms with E-state index < -0.39 is 8.80 Å². The maximum absolute atomic E-state index is 6.20. The highest BCUT2D eigenvalue weighted by atomic mass is 28.3. The standard InChI is InChI=1S/C16H26BO2Si/c1-12(13-10-8-9-11-14(13)20(6)7)17-18-15(2,3)16(4,5)19-17/h8-12H,1-7H3. The summed E-state index contributed by atoms with van der Waals surface area (Å²) in [5, 5.41) is 1.49. The topological polar surface area (TPSA) is 18.5 Å². The smallest absolute Gasteiger partial charge is 0.403 e. The van der Waals surface area contributed by atoms with Crippen molar-refractivity contribution in [2.45, 2.75) is 64.7 Å². The molecule has 0 spiro atoms. The van der Waals surface area contributed by atoms with Crippen LogP contribution >= 0.6 is 0 Å². The molecule has 1 atom stereocenters. The first-order valence-corrected chi connectivity index (χ1v) is 9.91. The van der Waals surface area contributed by atoms with Crippen LogP contribution in [0.25, 0.3) is 0 Å². The highest BCUT2D eigenvalue weighted by Gasteiger charge is 2.53. The Kier molecular flexibility index (Phi) is 4.20. The Morgan fingerprint density at radius 1 is 1.00 bits per heavy atom. The van der Waals surface area contributed by atoms with E-state index in [1.807, 2.05) is 0 Å². The molecule has 1 unspecified atom stereocenters. The van der Waals surface area contributed by atoms with Gasteiger partial charge in [0, 0.05) is 5.82 Å². The Labute approximate surface area is 125 Å². The van der Waals surface area contributed by atoms with Crippen molar-refractivity contribution in [3.05, 3.63) is 29.8 Å². The third-order valence-electron chi connectivity index (χ3n) is 4.67. The molecule has 1 radical (unpaired) electrons. The van der Waals surface area contributed by atoms with E-state index in [9.17, 15) is 0 Å². The van der Waals surface area contributed by atoms with Crippen LogP contribution in [0.4, 0.5) is 0 Å². The zero-order valence-electron chi connectivity index (χ0n) is 13.8. The van der Waals surface area contributed by atoms with Gasteiger partial charge in [0.2, 0.25) is 0 Å². The molecule has 109 valence electrons. The van der Waals surface area contributed by atoms with Crippen molar-refractivity contribution in [3.8, 4) is 0 Å². The molecular formula is C16H26BO2Si. The normalized spacial score (nSPS) is 22.3. The first-order valence-electron chi connectivity index (χ1n) is 7.41. The van der Waals surface area contributed by atoms with Gasteiger partial charge < -0.3 is 9.31 Å². The molecule has 0 saturated carbocycles. The first kappa shape index (κ1) is 15.8. The van der Waals surface area contributed by atoms with Gasteiger partial charge in [-0.05, 0) is 33.3 Å². The number of hydrogen-bond donors (Lipinski definition) is 0. The Morgan fingerprint density at radius 2 is 1.50 bits per heavy atom. The fraction of sp³-hybridized carbons (Fsp3) is 0.625. The molecule has 0 bridgehead atoms. The SMILES string of the molecule is CC(B1OC(C)(C)C(C)(C)O1)c1ccccc1[Si](C)C. The van der Waals surface area contributed by atoms with Crippen LogP contribution in [0.5, 0.6) is 0 Å². The Morgan fingerprint density at radius 3 is 2.00 bits per heavy atom. The van der Waals surface area contributed by atoms with Gasteiger partial charge in [-0.3, -0.25) is 0 Å². The van der Waals surface area contributed by atoms with E-state index in [0.29, 0.717) is 0 Å². The molecule has 1 fully saturated rings. The Hall–Kier alpha value is -0.578. The maximum Gasteiger partial charge on any atom is 0.465 e. The third-order valence-corrected chi connectivity index (χ3v) is 6.20. The Bertz CT molecular complexity index is 469. The summed E-state index contributed by atoms with van der Waals surface area (Å²) < 4.78 is 12.4. The quantitative estimate of drug-likeness (QED) is 0.794. The van der Waals surface area contributed by atoms with Crippen LogP contribution in [0.1, 0.15) is 46.0 Å². The number of hydrogen-bond acceptors (Lipinski definition) is 2. The van der Waals surface area contributed by atoms with Gasteiger partial charge in [0.05, 0.1) is 20.0 Å². The van der Waals surface area contributed by atoms with Crippen LogP contribution in [-0.2, 0) is 9.31 Å². The van der Waals surface area contributed by atoms with Gasteiger partial charge in [-0.2, -0.15) is 0 Å². The van der Waals surface area contributed by atoms with E-state index in [0.717, 1.165) is 0 Å². The molecule has 4 heteroatoms. The summed E-state index contributed by atoms with van der Waals surface area (Å²) in [6.07, 6.45) is 0.